The van der Waals surface area contributed by atoms with Crippen LogP contribution in [0.4, 0.5) is 10.1 Å². The number of carbonyl (C=O) groups is 2. The number of unbranched alkanes of at least 4 members (excludes halogenated alkanes) is 1. The fourth-order valence-corrected chi connectivity index (χ4v) is 4.52. The van der Waals surface area contributed by atoms with E-state index in [4.69, 9.17) is 46.4 Å². The van der Waals surface area contributed by atoms with Crippen LogP contribution in [0.3, 0.4) is 0 Å². The molecule has 1 fully saturated rings. The zero-order valence-corrected chi connectivity index (χ0v) is 18.5. The van der Waals surface area contributed by atoms with Gasteiger partial charge in [0.1, 0.15) is 10.2 Å². The van der Waals surface area contributed by atoms with Crippen LogP contribution < -0.4 is 5.32 Å². The Labute approximate surface area is 188 Å². The zero-order chi connectivity index (χ0) is 21.3. The molecule has 2 unspecified atom stereocenters. The van der Waals surface area contributed by atoms with Gasteiger partial charge < -0.3 is 5.32 Å². The van der Waals surface area contributed by atoms with Crippen molar-refractivity contribution in [1.82, 2.24) is 0 Å². The van der Waals surface area contributed by atoms with Crippen molar-refractivity contribution in [3.63, 3.8) is 0 Å². The summed E-state index contributed by atoms with van der Waals surface area (Å²) in [7, 11) is 0. The van der Waals surface area contributed by atoms with Crippen molar-refractivity contribution in [3.05, 3.63) is 63.4 Å². The number of benzene rings is 2. The second-order valence-corrected chi connectivity index (χ2v) is 9.27. The third kappa shape index (κ3) is 4.72. The number of anilines is 1. The number of amides is 1. The van der Waals surface area contributed by atoms with Crippen LogP contribution in [0.25, 0.3) is 0 Å². The number of alkyl halides is 2. The number of hydrogen-bond donors (Lipinski definition) is 1. The first kappa shape index (κ1) is 22.4. The van der Waals surface area contributed by atoms with Crippen LogP contribution in [0.2, 0.25) is 10.0 Å². The van der Waals surface area contributed by atoms with Crippen molar-refractivity contribution < 1.29 is 14.0 Å². The van der Waals surface area contributed by atoms with Gasteiger partial charge in [0.2, 0.25) is 5.91 Å². The first-order valence-electron chi connectivity index (χ1n) is 9.13. The molecule has 0 bridgehead atoms. The lowest BCUT2D eigenvalue weighted by atomic mass is 10.0. The normalized spacial score (nSPS) is 19.7. The minimum atomic E-state index is -1.34. The highest BCUT2D eigenvalue weighted by Crippen LogP contribution is 2.65. The van der Waals surface area contributed by atoms with Crippen molar-refractivity contribution in [2.45, 2.75) is 36.4 Å². The largest absolute Gasteiger partial charge is 0.326 e. The molecule has 2 aromatic carbocycles. The van der Waals surface area contributed by atoms with Crippen LogP contribution >= 0.6 is 46.4 Å². The molecule has 1 aliphatic rings. The van der Waals surface area contributed by atoms with Crippen molar-refractivity contribution >= 4 is 63.8 Å². The Morgan fingerprint density at radius 3 is 2.48 bits per heavy atom. The number of halogens is 5. The first-order valence-corrected chi connectivity index (χ1v) is 10.6. The molecular weight excluding hydrogens is 459 g/mol. The molecule has 0 spiro atoms. The van der Waals surface area contributed by atoms with E-state index in [-0.39, 0.29) is 10.8 Å². The van der Waals surface area contributed by atoms with E-state index < -0.39 is 27.9 Å². The summed E-state index contributed by atoms with van der Waals surface area (Å²) >= 11 is 24.6. The zero-order valence-electron chi connectivity index (χ0n) is 15.4. The smallest absolute Gasteiger partial charge is 0.231 e. The lowest BCUT2D eigenvalue weighted by Gasteiger charge is -2.09. The van der Waals surface area contributed by atoms with Gasteiger partial charge in [0.05, 0.1) is 16.0 Å². The molecule has 1 aliphatic carbocycles. The molecule has 1 amide bonds. The van der Waals surface area contributed by atoms with Gasteiger partial charge in [-0.2, -0.15) is 0 Å². The molecule has 2 atom stereocenters. The minimum Gasteiger partial charge on any atom is -0.326 e. The summed E-state index contributed by atoms with van der Waals surface area (Å²) in [5.74, 6) is -2.32. The van der Waals surface area contributed by atoms with Gasteiger partial charge in [0.15, 0.2) is 5.78 Å². The van der Waals surface area contributed by atoms with Gasteiger partial charge in [-0.05, 0) is 42.3 Å². The van der Waals surface area contributed by atoms with Crippen LogP contribution in [-0.4, -0.2) is 16.0 Å². The molecule has 0 aromatic heterocycles. The van der Waals surface area contributed by atoms with Crippen molar-refractivity contribution in [2.75, 3.05) is 5.32 Å². The predicted octanol–water partition coefficient (Wildman–Crippen LogP) is 7.03. The highest BCUT2D eigenvalue weighted by Gasteiger charge is 2.67. The molecular formula is C21H18Cl4FNO2. The average molecular weight is 477 g/mol. The number of carbonyl (C=O) groups excluding carboxylic acids is 2. The SMILES string of the molecule is CCCCC(=O)c1cc(NC(=O)C2C(c3ccc(F)c(Cl)c3)C2(Cl)Cl)ccc1Cl. The van der Waals surface area contributed by atoms with Crippen molar-refractivity contribution in [1.29, 1.82) is 0 Å². The lowest BCUT2D eigenvalue weighted by molar-refractivity contribution is -0.117. The second-order valence-electron chi connectivity index (χ2n) is 7.01. The summed E-state index contributed by atoms with van der Waals surface area (Å²) in [4.78, 5) is 25.1. The van der Waals surface area contributed by atoms with Crippen LogP contribution in [0, 0.1) is 11.7 Å². The van der Waals surface area contributed by atoms with Crippen LogP contribution in [0.15, 0.2) is 36.4 Å². The standard InChI is InChI=1S/C21H18Cl4FNO2/c1-2-3-4-17(28)13-10-12(6-7-14(13)22)27-20(29)19-18(21(19,24)25)11-5-8-16(26)15(23)9-11/h5-10,18-19H,2-4H2,1H3,(H,27,29). The molecule has 154 valence electrons. The monoisotopic (exact) mass is 475 g/mol. The van der Waals surface area contributed by atoms with E-state index in [1.807, 2.05) is 6.92 Å². The van der Waals surface area contributed by atoms with Gasteiger partial charge in [-0.25, -0.2) is 4.39 Å². The highest BCUT2D eigenvalue weighted by molar-refractivity contribution is 6.53. The van der Waals surface area contributed by atoms with Crippen molar-refractivity contribution in [2.24, 2.45) is 5.92 Å². The molecule has 0 aliphatic heterocycles. The highest BCUT2D eigenvalue weighted by atomic mass is 35.5. The van der Waals surface area contributed by atoms with Gasteiger partial charge >= 0.3 is 0 Å². The molecule has 0 radical (unpaired) electrons. The van der Waals surface area contributed by atoms with E-state index in [0.29, 0.717) is 28.3 Å². The Hall–Kier alpha value is -1.33. The third-order valence-corrected chi connectivity index (χ3v) is 6.49. The number of nitrogens with one attached hydrogen (secondary N) is 1. The molecule has 3 rings (SSSR count). The fraction of sp³-hybridized carbons (Fsp3) is 0.333. The Bertz CT molecular complexity index is 964. The summed E-state index contributed by atoms with van der Waals surface area (Å²) < 4.78 is 12.1. The Balaban J connectivity index is 1.76. The summed E-state index contributed by atoms with van der Waals surface area (Å²) in [5.41, 5.74) is 1.36. The van der Waals surface area contributed by atoms with Gasteiger partial charge in [-0.3, -0.25) is 9.59 Å². The molecule has 0 heterocycles. The van der Waals surface area contributed by atoms with Crippen molar-refractivity contribution in [3.8, 4) is 0 Å². The molecule has 29 heavy (non-hydrogen) atoms. The predicted molar refractivity (Wildman–Crippen MR) is 116 cm³/mol. The summed E-state index contributed by atoms with van der Waals surface area (Å²) in [6, 6.07) is 8.85. The van der Waals surface area contributed by atoms with E-state index in [1.165, 1.54) is 18.2 Å². The quantitative estimate of drug-likeness (QED) is 0.344. The average Bonchev–Trinajstić information content (AvgIpc) is 3.25. The fourth-order valence-electron chi connectivity index (χ4n) is 3.28. The molecule has 2 aromatic rings. The van der Waals surface area contributed by atoms with Crippen LogP contribution in [0.1, 0.15) is 48.0 Å². The molecule has 1 saturated carbocycles. The Kier molecular flexibility index (Phi) is 6.79. The van der Waals surface area contributed by atoms with Gasteiger partial charge in [0, 0.05) is 23.6 Å². The minimum absolute atomic E-state index is 0.0642. The van der Waals surface area contributed by atoms with E-state index in [0.717, 1.165) is 12.8 Å². The van der Waals surface area contributed by atoms with Gasteiger partial charge in [0.25, 0.3) is 0 Å². The van der Waals surface area contributed by atoms with E-state index in [1.54, 1.807) is 18.2 Å². The van der Waals surface area contributed by atoms with Gasteiger partial charge in [-0.1, -0.05) is 42.6 Å². The summed E-state index contributed by atoms with van der Waals surface area (Å²) in [6.07, 6.45) is 2.04. The number of Topliss-reactive ketones (excluding diaryl/α,β-unsaturated/α-hetero) is 1. The van der Waals surface area contributed by atoms with Crippen LogP contribution in [0.5, 0.6) is 0 Å². The first-order chi connectivity index (χ1) is 13.7. The Morgan fingerprint density at radius 2 is 1.83 bits per heavy atom. The van der Waals surface area contributed by atoms with E-state index in [9.17, 15) is 14.0 Å². The lowest BCUT2D eigenvalue weighted by Crippen LogP contribution is -2.17. The van der Waals surface area contributed by atoms with E-state index >= 15 is 0 Å². The van der Waals surface area contributed by atoms with Crippen LogP contribution in [-0.2, 0) is 4.79 Å². The molecule has 8 heteroatoms. The molecule has 0 saturated heterocycles. The molecule has 1 N–H and O–H groups in total. The van der Waals surface area contributed by atoms with E-state index in [2.05, 4.69) is 5.32 Å². The number of ketones is 1. The molecule has 3 nitrogen and oxygen atoms in total. The van der Waals surface area contributed by atoms with Gasteiger partial charge in [-0.15, -0.1) is 23.2 Å². The maximum Gasteiger partial charge on any atom is 0.231 e. The maximum atomic E-state index is 13.4. The summed E-state index contributed by atoms with van der Waals surface area (Å²) in [5, 5.41) is 3.01. The Morgan fingerprint density at radius 1 is 1.10 bits per heavy atom. The second kappa shape index (κ2) is 8.81. The number of hydrogen-bond acceptors (Lipinski definition) is 2. The topological polar surface area (TPSA) is 46.2 Å². The number of rotatable bonds is 7. The third-order valence-electron chi connectivity index (χ3n) is 4.93. The summed E-state index contributed by atoms with van der Waals surface area (Å²) in [6.45, 7) is 2.00. The maximum absolute atomic E-state index is 13.4.